The molecule has 0 aliphatic carbocycles. The van der Waals surface area contributed by atoms with Gasteiger partial charge < -0.3 is 4.74 Å². The third-order valence-electron chi connectivity index (χ3n) is 3.41. The normalized spacial score (nSPS) is 14.0. The van der Waals surface area contributed by atoms with Gasteiger partial charge in [0.2, 0.25) is 0 Å². The molecule has 2 rings (SSSR count). The molecule has 0 saturated carbocycles. The summed E-state index contributed by atoms with van der Waals surface area (Å²) in [5.74, 6) is 0. The summed E-state index contributed by atoms with van der Waals surface area (Å²) in [5.41, 5.74) is 2.53. The average Bonchev–Trinajstić information content (AvgIpc) is 2.50. The third-order valence-corrected chi connectivity index (χ3v) is 3.41. The van der Waals surface area contributed by atoms with Crippen LogP contribution in [0.2, 0.25) is 0 Å². The predicted molar refractivity (Wildman–Crippen MR) is 80.0 cm³/mol. The van der Waals surface area contributed by atoms with Gasteiger partial charge in [0.15, 0.2) is 0 Å². The summed E-state index contributed by atoms with van der Waals surface area (Å²) < 4.78 is 6.32. The number of rotatable bonds is 6. The van der Waals surface area contributed by atoms with Crippen LogP contribution in [0.4, 0.5) is 0 Å². The average molecular weight is 254 g/mol. The largest absolute Gasteiger partial charge is 0.366 e. The van der Waals surface area contributed by atoms with Crippen molar-refractivity contribution in [3.8, 4) is 0 Å². The first-order valence-corrected chi connectivity index (χ1v) is 7.10. The Morgan fingerprint density at radius 1 is 0.684 bits per heavy atom. The second kappa shape index (κ2) is 7.10. The zero-order chi connectivity index (χ0) is 13.5. The van der Waals surface area contributed by atoms with Crippen LogP contribution >= 0.6 is 0 Å². The van der Waals surface area contributed by atoms with Gasteiger partial charge in [-0.25, -0.2) is 0 Å². The van der Waals surface area contributed by atoms with Crippen molar-refractivity contribution in [3.63, 3.8) is 0 Å². The molecule has 0 radical (unpaired) electrons. The Morgan fingerprint density at radius 2 is 1.05 bits per heavy atom. The van der Waals surface area contributed by atoms with Crippen molar-refractivity contribution in [2.45, 2.75) is 38.9 Å². The molecule has 0 aliphatic rings. The van der Waals surface area contributed by atoms with Crippen LogP contribution in [-0.2, 0) is 4.74 Å². The van der Waals surface area contributed by atoms with E-state index in [0.717, 1.165) is 12.8 Å². The zero-order valence-corrected chi connectivity index (χ0v) is 11.8. The highest BCUT2D eigenvalue weighted by molar-refractivity contribution is 5.20. The zero-order valence-electron chi connectivity index (χ0n) is 11.8. The molecule has 2 aromatic rings. The Balaban J connectivity index is 2.13. The van der Waals surface area contributed by atoms with Gasteiger partial charge in [0.1, 0.15) is 0 Å². The first kappa shape index (κ1) is 13.8. The molecule has 0 amide bonds. The molecule has 0 saturated heterocycles. The molecular weight excluding hydrogens is 232 g/mol. The van der Waals surface area contributed by atoms with Crippen LogP contribution in [0.25, 0.3) is 0 Å². The van der Waals surface area contributed by atoms with Gasteiger partial charge in [-0.1, -0.05) is 74.5 Å². The Labute approximate surface area is 116 Å². The lowest BCUT2D eigenvalue weighted by atomic mass is 10.0. The maximum atomic E-state index is 6.32. The quantitative estimate of drug-likeness (QED) is 0.679. The summed E-state index contributed by atoms with van der Waals surface area (Å²) in [7, 11) is 0. The highest BCUT2D eigenvalue weighted by Crippen LogP contribution is 2.30. The molecule has 19 heavy (non-hydrogen) atoms. The van der Waals surface area contributed by atoms with E-state index in [0.29, 0.717) is 0 Å². The van der Waals surface area contributed by atoms with Gasteiger partial charge in [-0.3, -0.25) is 0 Å². The second-order valence-corrected chi connectivity index (χ2v) is 4.75. The summed E-state index contributed by atoms with van der Waals surface area (Å²) in [6.07, 6.45) is 2.33. The highest BCUT2D eigenvalue weighted by Gasteiger charge is 2.16. The van der Waals surface area contributed by atoms with Crippen LogP contribution in [-0.4, -0.2) is 0 Å². The fraction of sp³-hybridized carbons (Fsp3) is 0.333. The van der Waals surface area contributed by atoms with E-state index >= 15 is 0 Å². The summed E-state index contributed by atoms with van der Waals surface area (Å²) >= 11 is 0. The van der Waals surface area contributed by atoms with Gasteiger partial charge in [-0.15, -0.1) is 0 Å². The van der Waals surface area contributed by atoms with Crippen molar-refractivity contribution in [2.24, 2.45) is 0 Å². The molecule has 1 nitrogen and oxygen atoms in total. The third kappa shape index (κ3) is 3.68. The first-order chi connectivity index (χ1) is 9.35. The predicted octanol–water partition coefficient (Wildman–Crippen LogP) is 5.31. The van der Waals surface area contributed by atoms with Crippen molar-refractivity contribution in [3.05, 3.63) is 71.8 Å². The minimum atomic E-state index is 0.173. The van der Waals surface area contributed by atoms with Gasteiger partial charge in [-0.2, -0.15) is 0 Å². The lowest BCUT2D eigenvalue weighted by molar-refractivity contribution is -0.0192. The van der Waals surface area contributed by atoms with Gasteiger partial charge in [0, 0.05) is 0 Å². The monoisotopic (exact) mass is 254 g/mol. The van der Waals surface area contributed by atoms with Crippen molar-refractivity contribution in [2.75, 3.05) is 0 Å². The lowest BCUT2D eigenvalue weighted by Gasteiger charge is -2.24. The van der Waals surface area contributed by atoms with Crippen molar-refractivity contribution >= 4 is 0 Å². The Bertz CT molecular complexity index is 418. The maximum Gasteiger partial charge on any atom is 0.0830 e. The van der Waals surface area contributed by atoms with Crippen LogP contribution in [0.3, 0.4) is 0 Å². The number of ether oxygens (including phenoxy) is 1. The molecule has 0 aromatic heterocycles. The van der Waals surface area contributed by atoms with Crippen LogP contribution in [0.5, 0.6) is 0 Å². The van der Waals surface area contributed by atoms with E-state index in [9.17, 15) is 0 Å². The Morgan fingerprint density at radius 3 is 1.37 bits per heavy atom. The molecule has 0 fully saturated rings. The van der Waals surface area contributed by atoms with Crippen molar-refractivity contribution in [1.82, 2.24) is 0 Å². The molecule has 1 heteroatoms. The van der Waals surface area contributed by atoms with Gasteiger partial charge in [0.25, 0.3) is 0 Å². The van der Waals surface area contributed by atoms with Gasteiger partial charge in [-0.05, 0) is 24.0 Å². The fourth-order valence-electron chi connectivity index (χ4n) is 2.35. The topological polar surface area (TPSA) is 9.23 Å². The van der Waals surface area contributed by atoms with Gasteiger partial charge >= 0.3 is 0 Å². The molecule has 0 unspecified atom stereocenters. The van der Waals surface area contributed by atoms with Crippen LogP contribution < -0.4 is 0 Å². The summed E-state index contributed by atoms with van der Waals surface area (Å²) in [6.45, 7) is 4.35. The summed E-state index contributed by atoms with van der Waals surface area (Å²) in [6, 6.07) is 21.0. The molecule has 0 heterocycles. The SMILES string of the molecule is CC[C@@H](O[C@H](CC)c1ccccc1)c1ccccc1. The van der Waals surface area contributed by atoms with E-state index < -0.39 is 0 Å². The van der Waals surface area contributed by atoms with E-state index in [4.69, 9.17) is 4.74 Å². The lowest BCUT2D eigenvalue weighted by Crippen LogP contribution is -2.09. The molecule has 2 atom stereocenters. The van der Waals surface area contributed by atoms with Crippen LogP contribution in [0.1, 0.15) is 50.0 Å². The number of hydrogen-bond donors (Lipinski definition) is 0. The highest BCUT2D eigenvalue weighted by atomic mass is 16.5. The molecule has 0 N–H and O–H groups in total. The Hall–Kier alpha value is -1.60. The maximum absolute atomic E-state index is 6.32. The van der Waals surface area contributed by atoms with E-state index in [2.05, 4.69) is 62.4 Å². The summed E-state index contributed by atoms with van der Waals surface area (Å²) in [4.78, 5) is 0. The molecule has 0 bridgehead atoms. The van der Waals surface area contributed by atoms with Gasteiger partial charge in [0.05, 0.1) is 12.2 Å². The van der Waals surface area contributed by atoms with E-state index in [-0.39, 0.29) is 12.2 Å². The molecular formula is C18H22O. The molecule has 100 valence electrons. The van der Waals surface area contributed by atoms with Crippen LogP contribution in [0, 0.1) is 0 Å². The van der Waals surface area contributed by atoms with Crippen molar-refractivity contribution < 1.29 is 4.74 Å². The molecule has 2 aromatic carbocycles. The molecule has 0 spiro atoms. The minimum absolute atomic E-state index is 0.173. The van der Waals surface area contributed by atoms with Crippen molar-refractivity contribution in [1.29, 1.82) is 0 Å². The second-order valence-electron chi connectivity index (χ2n) is 4.75. The number of hydrogen-bond acceptors (Lipinski definition) is 1. The number of benzene rings is 2. The van der Waals surface area contributed by atoms with E-state index in [1.807, 2.05) is 12.1 Å². The first-order valence-electron chi connectivity index (χ1n) is 7.10. The molecule has 0 aliphatic heterocycles. The fourth-order valence-corrected chi connectivity index (χ4v) is 2.35. The smallest absolute Gasteiger partial charge is 0.0830 e. The standard InChI is InChI=1S/C18H22O/c1-3-17(15-11-7-5-8-12-15)19-18(4-2)16-13-9-6-10-14-16/h5-14,17-18H,3-4H2,1-2H3/t17-,18-/m1/s1. The minimum Gasteiger partial charge on any atom is -0.366 e. The van der Waals surface area contributed by atoms with E-state index in [1.54, 1.807) is 0 Å². The summed E-state index contributed by atoms with van der Waals surface area (Å²) in [5, 5.41) is 0. The Kier molecular flexibility index (Phi) is 5.17. The van der Waals surface area contributed by atoms with Crippen LogP contribution in [0.15, 0.2) is 60.7 Å². The van der Waals surface area contributed by atoms with E-state index in [1.165, 1.54) is 11.1 Å².